The van der Waals surface area contributed by atoms with E-state index >= 15 is 0 Å². The molecule has 31 heavy (non-hydrogen) atoms. The summed E-state index contributed by atoms with van der Waals surface area (Å²) in [5.74, 6) is 0. The van der Waals surface area contributed by atoms with E-state index in [4.69, 9.17) is 15.2 Å². The molecule has 0 saturated heterocycles. The first kappa shape index (κ1) is 33.3. The second-order valence-electron chi connectivity index (χ2n) is 8.93. The zero-order valence-electron chi connectivity index (χ0n) is 21.6. The van der Waals surface area contributed by atoms with E-state index in [9.17, 15) is 4.57 Å². The third-order valence-electron chi connectivity index (χ3n) is 5.68. The third kappa shape index (κ3) is 32.4. The van der Waals surface area contributed by atoms with Gasteiger partial charge in [-0.1, -0.05) is 129 Å². The minimum Gasteiger partial charge on any atom is -0.330 e. The molecule has 3 N–H and O–H groups in total. The monoisotopic (exact) mass is 463 g/mol. The van der Waals surface area contributed by atoms with Gasteiger partial charge in [-0.15, -0.1) is 0 Å². The molecule has 0 aromatic heterocycles. The van der Waals surface area contributed by atoms with Crippen molar-refractivity contribution in [2.45, 2.75) is 149 Å². The van der Waals surface area contributed by atoms with Gasteiger partial charge in [-0.3, -0.25) is 4.57 Å². The maximum Gasteiger partial charge on any atom is 0.328 e. The van der Waals surface area contributed by atoms with Crippen LogP contribution in [-0.4, -0.2) is 24.2 Å². The molecule has 0 heterocycles. The fourth-order valence-electron chi connectivity index (χ4n) is 3.70. The second kappa shape index (κ2) is 28.1. The molecular formula is C26H58NO3P. The van der Waals surface area contributed by atoms with Crippen molar-refractivity contribution in [2.24, 2.45) is 5.73 Å². The second-order valence-corrected chi connectivity index (χ2v) is 10.9. The molecule has 0 aliphatic carbocycles. The molecule has 1 unspecified atom stereocenters. The number of nitrogens with two attached hydrogens (primary N) is 1. The average Bonchev–Trinajstić information content (AvgIpc) is 2.74. The van der Waals surface area contributed by atoms with Crippen molar-refractivity contribution in [3.05, 3.63) is 0 Å². The average molecular weight is 464 g/mol. The van der Waals surface area contributed by atoms with Crippen molar-refractivity contribution in [1.82, 2.24) is 0 Å². The Morgan fingerprint density at radius 3 is 1.23 bits per heavy atom. The zero-order valence-corrected chi connectivity index (χ0v) is 22.4. The fourth-order valence-corrected chi connectivity index (χ4v) is 4.85. The van der Waals surface area contributed by atoms with Crippen molar-refractivity contribution < 1.29 is 14.0 Å². The summed E-state index contributed by atoms with van der Waals surface area (Å²) >= 11 is 0. The highest BCUT2D eigenvalue weighted by Gasteiger charge is 2.16. The van der Waals surface area contributed by atoms with Crippen LogP contribution in [0.4, 0.5) is 0 Å². The van der Waals surface area contributed by atoms with Gasteiger partial charge in [0.15, 0.2) is 0 Å². The highest BCUT2D eigenvalue weighted by molar-refractivity contribution is 7.52. The van der Waals surface area contributed by atoms with Crippen molar-refractivity contribution in [2.75, 3.05) is 19.3 Å². The van der Waals surface area contributed by atoms with E-state index in [1.165, 1.54) is 103 Å². The molecule has 0 saturated carbocycles. The lowest BCUT2D eigenvalue weighted by Gasteiger charge is -2.09. The predicted molar refractivity (Wildman–Crippen MR) is 139 cm³/mol. The van der Waals surface area contributed by atoms with Gasteiger partial charge in [-0.05, 0) is 26.3 Å². The van der Waals surface area contributed by atoms with Crippen LogP contribution >= 0.6 is 7.60 Å². The summed E-state index contributed by atoms with van der Waals surface area (Å²) in [4.78, 5) is 9.15. The lowest BCUT2D eigenvalue weighted by atomic mass is 10.0. The van der Waals surface area contributed by atoms with Gasteiger partial charge in [-0.25, -0.2) is 0 Å². The topological polar surface area (TPSA) is 72.6 Å². The van der Waals surface area contributed by atoms with Gasteiger partial charge in [0.1, 0.15) is 0 Å². The summed E-state index contributed by atoms with van der Waals surface area (Å²) < 4.78 is 15.8. The Morgan fingerprint density at radius 2 is 0.903 bits per heavy atom. The largest absolute Gasteiger partial charge is 0.330 e. The highest BCUT2D eigenvalue weighted by Crippen LogP contribution is 2.42. The van der Waals surface area contributed by atoms with E-state index in [-0.39, 0.29) is 0 Å². The molecule has 0 amide bonds. The van der Waals surface area contributed by atoms with Gasteiger partial charge in [0.05, 0.1) is 6.61 Å². The molecule has 0 fully saturated rings. The van der Waals surface area contributed by atoms with E-state index in [1.54, 1.807) is 6.92 Å². The zero-order chi connectivity index (χ0) is 23.5. The third-order valence-corrected chi connectivity index (χ3v) is 7.23. The first-order valence-electron chi connectivity index (χ1n) is 13.7. The van der Waals surface area contributed by atoms with Crippen molar-refractivity contribution in [3.8, 4) is 0 Å². The number of unbranched alkanes of at least 4 members (excludes halogenated alkanes) is 18. The number of rotatable bonds is 23. The summed E-state index contributed by atoms with van der Waals surface area (Å²) in [6.45, 7) is 7.33. The van der Waals surface area contributed by atoms with E-state index < -0.39 is 7.60 Å². The molecule has 0 rings (SSSR count). The summed E-state index contributed by atoms with van der Waals surface area (Å²) in [7, 11) is -3.23. The molecule has 5 heteroatoms. The van der Waals surface area contributed by atoms with Gasteiger partial charge in [-0.2, -0.15) is 0 Å². The SMILES string of the molecule is CCCCCCCCCCCCCCCCCCN.CCCCCCP(=O)(O)OCC. The fraction of sp³-hybridized carbons (Fsp3) is 1.00. The van der Waals surface area contributed by atoms with Gasteiger partial charge >= 0.3 is 7.60 Å². The lowest BCUT2D eigenvalue weighted by Crippen LogP contribution is -1.97. The Morgan fingerprint density at radius 1 is 0.581 bits per heavy atom. The standard InChI is InChI=1S/C18H39N.C8H19O3P/c1-2-3-4-5-6-7-8-9-10-11-12-13-14-15-16-17-18-19;1-3-5-6-7-8-12(9,10)11-4-2/h2-19H2,1H3;3-8H2,1-2H3,(H,9,10). The quantitative estimate of drug-likeness (QED) is 0.117. The predicted octanol–water partition coefficient (Wildman–Crippen LogP) is 9.00. The minimum atomic E-state index is -3.23. The van der Waals surface area contributed by atoms with Crippen molar-refractivity contribution in [3.63, 3.8) is 0 Å². The maximum absolute atomic E-state index is 11.1. The molecule has 0 radical (unpaired) electrons. The smallest absolute Gasteiger partial charge is 0.328 e. The van der Waals surface area contributed by atoms with Crippen LogP contribution in [0.3, 0.4) is 0 Å². The Hall–Kier alpha value is 0.110. The summed E-state index contributed by atoms with van der Waals surface area (Å²) in [6, 6.07) is 0. The molecule has 0 aromatic rings. The molecular weight excluding hydrogens is 405 g/mol. The summed E-state index contributed by atoms with van der Waals surface area (Å²) in [5, 5.41) is 0. The Kier molecular flexibility index (Phi) is 30.2. The summed E-state index contributed by atoms with van der Waals surface area (Å²) in [6.07, 6.45) is 27.2. The first-order valence-corrected chi connectivity index (χ1v) is 15.5. The molecule has 0 spiro atoms. The minimum absolute atomic E-state index is 0.306. The normalized spacial score (nSPS) is 12.9. The molecule has 0 aliphatic heterocycles. The van der Waals surface area contributed by atoms with Gasteiger partial charge in [0.2, 0.25) is 0 Å². The Balaban J connectivity index is 0. The van der Waals surface area contributed by atoms with Crippen LogP contribution in [0.15, 0.2) is 0 Å². The van der Waals surface area contributed by atoms with Crippen LogP contribution in [-0.2, 0) is 9.09 Å². The van der Waals surface area contributed by atoms with Gasteiger partial charge < -0.3 is 15.2 Å². The van der Waals surface area contributed by atoms with E-state index in [0.717, 1.165) is 32.2 Å². The molecule has 190 valence electrons. The van der Waals surface area contributed by atoms with Crippen LogP contribution in [0.5, 0.6) is 0 Å². The molecule has 0 aromatic carbocycles. The number of hydrogen-bond donors (Lipinski definition) is 2. The van der Waals surface area contributed by atoms with Crippen LogP contribution in [0.2, 0.25) is 0 Å². The number of hydrogen-bond acceptors (Lipinski definition) is 3. The van der Waals surface area contributed by atoms with Crippen LogP contribution in [0.1, 0.15) is 149 Å². The van der Waals surface area contributed by atoms with Crippen LogP contribution in [0, 0.1) is 0 Å². The Bertz CT molecular complexity index is 351. The van der Waals surface area contributed by atoms with Gasteiger partial charge in [0, 0.05) is 6.16 Å². The van der Waals surface area contributed by atoms with Crippen LogP contribution in [0.25, 0.3) is 0 Å². The Labute approximate surface area is 196 Å². The van der Waals surface area contributed by atoms with E-state index in [0.29, 0.717) is 12.8 Å². The van der Waals surface area contributed by atoms with Gasteiger partial charge in [0.25, 0.3) is 0 Å². The lowest BCUT2D eigenvalue weighted by molar-refractivity contribution is 0.273. The molecule has 1 atom stereocenters. The molecule has 0 bridgehead atoms. The van der Waals surface area contributed by atoms with E-state index in [1.807, 2.05) is 0 Å². The van der Waals surface area contributed by atoms with Crippen LogP contribution < -0.4 is 5.73 Å². The van der Waals surface area contributed by atoms with Crippen molar-refractivity contribution >= 4 is 7.60 Å². The summed E-state index contributed by atoms with van der Waals surface area (Å²) in [5.41, 5.74) is 5.48. The van der Waals surface area contributed by atoms with E-state index in [2.05, 4.69) is 13.8 Å². The highest BCUT2D eigenvalue weighted by atomic mass is 31.2. The first-order chi connectivity index (χ1) is 15.0. The van der Waals surface area contributed by atoms with Crippen molar-refractivity contribution in [1.29, 1.82) is 0 Å². The molecule has 4 nitrogen and oxygen atoms in total. The maximum atomic E-state index is 11.1. The molecule has 0 aliphatic rings.